The number of ether oxygens (including phenoxy) is 4. The molecule has 0 fully saturated rings. The molecule has 0 aliphatic carbocycles. The van der Waals surface area contributed by atoms with Crippen LogP contribution in [0.2, 0.25) is 0 Å². The number of aliphatic hydroxyl groups is 1. The third-order valence-electron chi connectivity index (χ3n) is 16.5. The maximum atomic E-state index is 13.1. The smallest absolute Gasteiger partial charge is 0.462 e. The molecule has 0 saturated carbocycles. The van der Waals surface area contributed by atoms with Gasteiger partial charge in [0.2, 0.25) is 0 Å². The number of hydrogen-bond acceptors (Lipinski definition) is 15. The molecular formula is C81H142O17P2. The largest absolute Gasteiger partial charge is 0.472 e. The van der Waals surface area contributed by atoms with Crippen LogP contribution in [0, 0.1) is 0 Å². The lowest BCUT2D eigenvalue weighted by Gasteiger charge is -2.21. The summed E-state index contributed by atoms with van der Waals surface area (Å²) in [4.78, 5) is 72.9. The molecule has 19 heteroatoms. The van der Waals surface area contributed by atoms with E-state index in [1.807, 2.05) is 0 Å². The second-order valence-corrected chi connectivity index (χ2v) is 29.2. The lowest BCUT2D eigenvalue weighted by atomic mass is 10.1. The summed E-state index contributed by atoms with van der Waals surface area (Å²) in [6.45, 7) is 4.68. The predicted molar refractivity (Wildman–Crippen MR) is 409 cm³/mol. The van der Waals surface area contributed by atoms with E-state index in [1.165, 1.54) is 96.3 Å². The highest BCUT2D eigenvalue weighted by molar-refractivity contribution is 7.47. The highest BCUT2D eigenvalue weighted by atomic mass is 31.2. The Balaban J connectivity index is 5.35. The number of carbonyl (C=O) groups is 4. The van der Waals surface area contributed by atoms with Gasteiger partial charge in [0.15, 0.2) is 12.2 Å². The Hall–Kier alpha value is -4.02. The van der Waals surface area contributed by atoms with Gasteiger partial charge in [-0.15, -0.1) is 0 Å². The van der Waals surface area contributed by atoms with Gasteiger partial charge in [-0.05, 0) is 128 Å². The van der Waals surface area contributed by atoms with Gasteiger partial charge in [0.05, 0.1) is 26.4 Å². The minimum Gasteiger partial charge on any atom is -0.462 e. The van der Waals surface area contributed by atoms with Crippen LogP contribution < -0.4 is 0 Å². The Morgan fingerprint density at radius 1 is 0.290 bits per heavy atom. The van der Waals surface area contributed by atoms with Crippen molar-refractivity contribution in [1.82, 2.24) is 0 Å². The average molecular weight is 1450 g/mol. The van der Waals surface area contributed by atoms with E-state index in [9.17, 15) is 43.2 Å². The van der Waals surface area contributed by atoms with Crippen LogP contribution in [0.25, 0.3) is 0 Å². The van der Waals surface area contributed by atoms with E-state index < -0.39 is 97.5 Å². The van der Waals surface area contributed by atoms with Crippen LogP contribution in [0.1, 0.15) is 336 Å². The van der Waals surface area contributed by atoms with E-state index in [4.69, 9.17) is 37.0 Å². The molecule has 0 aromatic carbocycles. The molecule has 0 aliphatic heterocycles. The molecule has 17 nitrogen and oxygen atoms in total. The fourth-order valence-electron chi connectivity index (χ4n) is 10.5. The fraction of sp³-hybridized carbons (Fsp3) is 0.753. The van der Waals surface area contributed by atoms with Crippen molar-refractivity contribution in [2.45, 2.75) is 354 Å². The number of esters is 4. The second-order valence-electron chi connectivity index (χ2n) is 26.3. The Kier molecular flexibility index (Phi) is 70.4. The first-order valence-corrected chi connectivity index (χ1v) is 42.5. The summed E-state index contributed by atoms with van der Waals surface area (Å²) in [6, 6.07) is 0. The molecular weight excluding hydrogens is 1310 g/mol. The first-order valence-electron chi connectivity index (χ1n) is 39.5. The van der Waals surface area contributed by atoms with Crippen molar-refractivity contribution in [3.8, 4) is 0 Å². The van der Waals surface area contributed by atoms with Gasteiger partial charge in [0, 0.05) is 25.7 Å². The van der Waals surface area contributed by atoms with E-state index in [1.54, 1.807) is 0 Å². The topological polar surface area (TPSA) is 237 Å². The minimum atomic E-state index is -4.98. The molecule has 5 unspecified atom stereocenters. The first kappa shape index (κ1) is 96.0. The molecule has 5 atom stereocenters. The van der Waals surface area contributed by atoms with Crippen molar-refractivity contribution in [2.75, 3.05) is 39.6 Å². The molecule has 0 aromatic rings. The highest BCUT2D eigenvalue weighted by Crippen LogP contribution is 2.45. The first-order chi connectivity index (χ1) is 48.7. The number of unbranched alkanes of at least 4 members (excludes halogenated alkanes) is 32. The summed E-state index contributed by atoms with van der Waals surface area (Å²) in [5.74, 6) is -2.23. The second kappa shape index (κ2) is 73.3. The van der Waals surface area contributed by atoms with E-state index >= 15 is 0 Å². The number of phosphoric acid groups is 2. The van der Waals surface area contributed by atoms with Crippen LogP contribution in [0.5, 0.6) is 0 Å². The number of aliphatic hydroxyl groups excluding tert-OH is 1. The van der Waals surface area contributed by atoms with Gasteiger partial charge in [-0.3, -0.25) is 37.3 Å². The molecule has 100 heavy (non-hydrogen) atoms. The Morgan fingerprint density at radius 2 is 0.520 bits per heavy atom. The monoisotopic (exact) mass is 1450 g/mol. The maximum Gasteiger partial charge on any atom is 0.472 e. The zero-order valence-corrected chi connectivity index (χ0v) is 64.9. The van der Waals surface area contributed by atoms with Crippen LogP contribution in [-0.2, 0) is 65.4 Å². The SMILES string of the molecule is CC/C=C\C/C=C\C/C=C\C/C=C\CCCCC(=O)OCC(COP(=O)(O)OCC(O)COP(=O)(O)OCC(COC(=O)CCCCCCCC/C=C\C/C=C\C/C=C\CCCCC)OC(=O)CCCCCCC/C=C\CCCCCCCC)OC(=O)CCCCCCCCCCCCC. The quantitative estimate of drug-likeness (QED) is 0.0169. The lowest BCUT2D eigenvalue weighted by Crippen LogP contribution is -2.30. The van der Waals surface area contributed by atoms with Crippen LogP contribution >= 0.6 is 15.6 Å². The van der Waals surface area contributed by atoms with Crippen LogP contribution in [0.3, 0.4) is 0 Å². The third-order valence-corrected chi connectivity index (χ3v) is 18.4. The van der Waals surface area contributed by atoms with Crippen molar-refractivity contribution in [3.05, 3.63) is 97.2 Å². The fourth-order valence-corrected chi connectivity index (χ4v) is 12.1. The van der Waals surface area contributed by atoms with Crippen molar-refractivity contribution < 1.29 is 80.2 Å². The van der Waals surface area contributed by atoms with Gasteiger partial charge in [0.25, 0.3) is 0 Å². The standard InChI is InChI=1S/C81H142O17P2/c1-5-9-13-17-21-25-29-32-35-36-37-38-41-43-47-50-54-58-62-66-79(84)92-72-77(98-81(86)68-64-60-56-52-48-44-40-34-31-27-23-19-15-11-7-3)74-96-100(89,90)94-70-75(82)69-93-99(87,88)95-73-76(97-80(85)67-63-59-55-51-45-28-24-20-16-12-8-4)71-91-78(83)65-61-57-53-49-46-42-39-33-30-26-22-18-14-10-6-2/h10,14,21-22,25-26,32-35,37-40,46,49,75-77,82H,5-9,11-13,15-20,23-24,27-31,36,41-45,47-48,50-74H2,1-4H3,(H,87,88)(H,89,90)/b14-10-,25-21-,26-22-,35-32-,38-37-,39-33-,40-34-,49-46-. The molecule has 0 radical (unpaired) electrons. The summed E-state index contributed by atoms with van der Waals surface area (Å²) in [5.41, 5.74) is 0. The van der Waals surface area contributed by atoms with Gasteiger partial charge >= 0.3 is 39.5 Å². The zero-order valence-electron chi connectivity index (χ0n) is 63.1. The number of hydrogen-bond donors (Lipinski definition) is 3. The van der Waals surface area contributed by atoms with E-state index in [0.29, 0.717) is 25.7 Å². The molecule has 578 valence electrons. The summed E-state index contributed by atoms with van der Waals surface area (Å²) in [7, 11) is -9.96. The summed E-state index contributed by atoms with van der Waals surface area (Å²) < 4.78 is 68.5. The Labute approximate surface area is 607 Å². The van der Waals surface area contributed by atoms with Crippen molar-refractivity contribution in [1.29, 1.82) is 0 Å². The highest BCUT2D eigenvalue weighted by Gasteiger charge is 2.30. The van der Waals surface area contributed by atoms with Crippen molar-refractivity contribution in [3.63, 3.8) is 0 Å². The Bertz CT molecular complexity index is 2270. The summed E-state index contributed by atoms with van der Waals surface area (Å²) in [6.07, 6.45) is 76.8. The third kappa shape index (κ3) is 72.3. The van der Waals surface area contributed by atoms with Crippen LogP contribution in [0.15, 0.2) is 97.2 Å². The molecule has 0 saturated heterocycles. The number of allylic oxidation sites excluding steroid dienone is 16. The maximum absolute atomic E-state index is 13.1. The van der Waals surface area contributed by atoms with Crippen molar-refractivity contribution in [2.24, 2.45) is 0 Å². The van der Waals surface area contributed by atoms with Crippen LogP contribution in [0.4, 0.5) is 0 Å². The van der Waals surface area contributed by atoms with Crippen LogP contribution in [-0.4, -0.2) is 96.7 Å². The molecule has 0 rings (SSSR count). The molecule has 0 aromatic heterocycles. The van der Waals surface area contributed by atoms with E-state index in [-0.39, 0.29) is 25.7 Å². The number of carbonyl (C=O) groups excluding carboxylic acids is 4. The molecule has 0 aliphatic rings. The predicted octanol–water partition coefficient (Wildman–Crippen LogP) is 22.8. The average Bonchev–Trinajstić information content (AvgIpc) is 0.945. The summed E-state index contributed by atoms with van der Waals surface area (Å²) in [5, 5.41) is 10.6. The summed E-state index contributed by atoms with van der Waals surface area (Å²) >= 11 is 0. The zero-order chi connectivity index (χ0) is 73.2. The van der Waals surface area contributed by atoms with Gasteiger partial charge in [-0.1, -0.05) is 279 Å². The van der Waals surface area contributed by atoms with Gasteiger partial charge in [-0.25, -0.2) is 9.13 Å². The van der Waals surface area contributed by atoms with Gasteiger partial charge < -0.3 is 33.8 Å². The molecule has 0 bridgehead atoms. The normalized spacial score (nSPS) is 14.4. The van der Waals surface area contributed by atoms with Crippen molar-refractivity contribution >= 4 is 39.5 Å². The number of phosphoric ester groups is 2. The number of rotatable bonds is 74. The van der Waals surface area contributed by atoms with E-state index in [2.05, 4.69) is 125 Å². The van der Waals surface area contributed by atoms with E-state index in [0.717, 1.165) is 161 Å². The molecule has 0 amide bonds. The molecule has 0 spiro atoms. The molecule has 0 heterocycles. The minimum absolute atomic E-state index is 0.0822. The van der Waals surface area contributed by atoms with Gasteiger partial charge in [-0.2, -0.15) is 0 Å². The van der Waals surface area contributed by atoms with Gasteiger partial charge in [0.1, 0.15) is 19.3 Å². The molecule has 3 N–H and O–H groups in total. The lowest BCUT2D eigenvalue weighted by molar-refractivity contribution is -0.161. The Morgan fingerprint density at radius 3 is 0.850 bits per heavy atom.